The second kappa shape index (κ2) is 6.00. The van der Waals surface area contributed by atoms with Crippen LogP contribution in [0.4, 0.5) is 24.5 Å². The normalized spacial score (nSPS) is 12.0. The molecule has 2 N–H and O–H groups in total. The zero-order valence-electron chi connectivity index (χ0n) is 11.6. The SMILES string of the molecule is Nc1ccc(OS(=O)(=O)c2cccc(C(F)(F)F)c2)cc1[N+](=O)[O-]. The number of nitrogen functional groups attached to an aromatic ring is 1. The van der Waals surface area contributed by atoms with Gasteiger partial charge in [0.2, 0.25) is 0 Å². The zero-order valence-corrected chi connectivity index (χ0v) is 12.5. The van der Waals surface area contributed by atoms with Gasteiger partial charge in [0.25, 0.3) is 5.69 Å². The van der Waals surface area contributed by atoms with Gasteiger partial charge >= 0.3 is 16.3 Å². The average molecular weight is 362 g/mol. The molecule has 0 spiro atoms. The van der Waals surface area contributed by atoms with Crippen LogP contribution >= 0.6 is 0 Å². The molecule has 0 saturated heterocycles. The Morgan fingerprint density at radius 2 is 1.79 bits per heavy atom. The number of nitro groups is 1. The Bertz CT molecular complexity index is 897. The summed E-state index contributed by atoms with van der Waals surface area (Å²) in [5, 5.41) is 10.8. The number of halogens is 3. The Morgan fingerprint density at radius 1 is 1.12 bits per heavy atom. The fourth-order valence-corrected chi connectivity index (χ4v) is 2.71. The molecule has 0 aliphatic heterocycles. The summed E-state index contributed by atoms with van der Waals surface area (Å²) in [4.78, 5) is 9.17. The summed E-state index contributed by atoms with van der Waals surface area (Å²) in [6, 6.07) is 5.79. The van der Waals surface area contributed by atoms with E-state index >= 15 is 0 Å². The quantitative estimate of drug-likeness (QED) is 0.387. The van der Waals surface area contributed by atoms with E-state index in [1.54, 1.807) is 0 Å². The number of nitrogens with zero attached hydrogens (tertiary/aromatic N) is 1. The predicted molar refractivity (Wildman–Crippen MR) is 76.8 cm³/mol. The number of nitrogens with two attached hydrogens (primary N) is 1. The molecule has 0 aliphatic rings. The average Bonchev–Trinajstić information content (AvgIpc) is 2.48. The second-order valence-electron chi connectivity index (χ2n) is 4.54. The molecule has 0 bridgehead atoms. The molecule has 2 aromatic carbocycles. The lowest BCUT2D eigenvalue weighted by Gasteiger charge is -2.10. The molecule has 0 atom stereocenters. The summed E-state index contributed by atoms with van der Waals surface area (Å²) in [6.45, 7) is 0. The molecule has 0 aromatic heterocycles. The highest BCUT2D eigenvalue weighted by Crippen LogP contribution is 2.32. The monoisotopic (exact) mass is 362 g/mol. The topological polar surface area (TPSA) is 113 Å². The molecule has 0 saturated carbocycles. The summed E-state index contributed by atoms with van der Waals surface area (Å²) >= 11 is 0. The van der Waals surface area contributed by atoms with Gasteiger partial charge in [-0.15, -0.1) is 0 Å². The van der Waals surface area contributed by atoms with E-state index in [4.69, 9.17) is 5.73 Å². The largest absolute Gasteiger partial charge is 0.416 e. The number of hydrogen-bond acceptors (Lipinski definition) is 6. The summed E-state index contributed by atoms with van der Waals surface area (Å²) < 4.78 is 66.7. The molecule has 0 fully saturated rings. The second-order valence-corrected chi connectivity index (χ2v) is 6.09. The summed E-state index contributed by atoms with van der Waals surface area (Å²) in [5.41, 5.74) is 3.38. The maximum atomic E-state index is 12.6. The van der Waals surface area contributed by atoms with Crippen LogP contribution in [0.3, 0.4) is 0 Å². The first-order valence-corrected chi connectivity index (χ1v) is 7.57. The highest BCUT2D eigenvalue weighted by Gasteiger charge is 2.32. The van der Waals surface area contributed by atoms with Gasteiger partial charge in [0.15, 0.2) is 0 Å². The number of anilines is 1. The van der Waals surface area contributed by atoms with Crippen molar-refractivity contribution in [3.63, 3.8) is 0 Å². The number of alkyl halides is 3. The van der Waals surface area contributed by atoms with Gasteiger partial charge in [-0.3, -0.25) is 10.1 Å². The molecular weight excluding hydrogens is 353 g/mol. The van der Waals surface area contributed by atoms with E-state index in [1.807, 2.05) is 0 Å². The van der Waals surface area contributed by atoms with Gasteiger partial charge in [-0.05, 0) is 30.3 Å². The first-order chi connectivity index (χ1) is 11.0. The third-order valence-corrected chi connectivity index (χ3v) is 4.10. The standard InChI is InChI=1S/C13H9F3N2O5S/c14-13(15,16)8-2-1-3-10(6-8)24(21,22)23-9-4-5-11(17)12(7-9)18(19)20/h1-7H,17H2. The molecule has 2 aromatic rings. The number of nitro benzene ring substituents is 1. The Labute approximate surface area is 133 Å². The van der Waals surface area contributed by atoms with Crippen LogP contribution in [-0.2, 0) is 16.3 Å². The Hall–Kier alpha value is -2.82. The maximum absolute atomic E-state index is 12.6. The van der Waals surface area contributed by atoms with E-state index in [2.05, 4.69) is 4.18 Å². The van der Waals surface area contributed by atoms with Crippen molar-refractivity contribution in [1.29, 1.82) is 0 Å². The van der Waals surface area contributed by atoms with E-state index in [1.165, 1.54) is 0 Å². The lowest BCUT2D eigenvalue weighted by Crippen LogP contribution is -2.12. The number of benzene rings is 2. The minimum atomic E-state index is -4.73. The van der Waals surface area contributed by atoms with Crippen LogP contribution in [0.2, 0.25) is 0 Å². The van der Waals surface area contributed by atoms with Crippen LogP contribution in [0.15, 0.2) is 47.4 Å². The van der Waals surface area contributed by atoms with Crippen molar-refractivity contribution < 1.29 is 30.7 Å². The van der Waals surface area contributed by atoms with E-state index in [9.17, 15) is 31.7 Å². The zero-order chi connectivity index (χ0) is 18.1. The van der Waals surface area contributed by atoms with Gasteiger partial charge in [-0.25, -0.2) is 0 Å². The lowest BCUT2D eigenvalue weighted by atomic mass is 10.2. The Kier molecular flexibility index (Phi) is 4.38. The predicted octanol–water partition coefficient (Wildman–Crippen LogP) is 2.96. The molecule has 2 rings (SSSR count). The molecule has 7 nitrogen and oxygen atoms in total. The molecule has 0 aliphatic carbocycles. The van der Waals surface area contributed by atoms with Crippen molar-refractivity contribution in [2.45, 2.75) is 11.1 Å². The third-order valence-electron chi connectivity index (χ3n) is 2.85. The summed E-state index contributed by atoms with van der Waals surface area (Å²) in [7, 11) is -4.61. The van der Waals surface area contributed by atoms with E-state index in [-0.39, 0.29) is 5.69 Å². The fraction of sp³-hybridized carbons (Fsp3) is 0.0769. The third kappa shape index (κ3) is 3.74. The van der Waals surface area contributed by atoms with Gasteiger partial charge < -0.3 is 9.92 Å². The van der Waals surface area contributed by atoms with Crippen LogP contribution in [0.5, 0.6) is 5.75 Å². The van der Waals surface area contributed by atoms with Gasteiger partial charge in [-0.1, -0.05) is 6.07 Å². The summed E-state index contributed by atoms with van der Waals surface area (Å²) in [6.07, 6.45) is -4.73. The van der Waals surface area contributed by atoms with E-state index in [0.29, 0.717) is 12.1 Å². The van der Waals surface area contributed by atoms with Gasteiger partial charge in [-0.2, -0.15) is 21.6 Å². The Balaban J connectivity index is 2.39. The van der Waals surface area contributed by atoms with Gasteiger partial charge in [0.05, 0.1) is 16.6 Å². The summed E-state index contributed by atoms with van der Waals surface area (Å²) in [5.74, 6) is -0.451. The molecule has 11 heteroatoms. The van der Waals surface area contributed by atoms with Crippen molar-refractivity contribution in [3.05, 3.63) is 58.1 Å². The highest BCUT2D eigenvalue weighted by atomic mass is 32.2. The molecule has 24 heavy (non-hydrogen) atoms. The number of hydrogen-bond donors (Lipinski definition) is 1. The smallest absolute Gasteiger partial charge is 0.393 e. The van der Waals surface area contributed by atoms with Gasteiger partial charge in [0, 0.05) is 0 Å². The maximum Gasteiger partial charge on any atom is 0.416 e. The minimum absolute atomic E-state index is 0.219. The van der Waals surface area contributed by atoms with Crippen molar-refractivity contribution in [3.8, 4) is 5.75 Å². The molecule has 128 valence electrons. The minimum Gasteiger partial charge on any atom is -0.393 e. The lowest BCUT2D eigenvalue weighted by molar-refractivity contribution is -0.383. The van der Waals surface area contributed by atoms with Crippen molar-refractivity contribution in [2.75, 3.05) is 5.73 Å². The highest BCUT2D eigenvalue weighted by molar-refractivity contribution is 7.87. The van der Waals surface area contributed by atoms with E-state index < -0.39 is 43.1 Å². The van der Waals surface area contributed by atoms with Crippen LogP contribution in [0.25, 0.3) is 0 Å². The molecule has 0 radical (unpaired) electrons. The fourth-order valence-electron chi connectivity index (χ4n) is 1.74. The molecular formula is C13H9F3N2O5S. The van der Waals surface area contributed by atoms with Crippen molar-refractivity contribution in [1.82, 2.24) is 0 Å². The van der Waals surface area contributed by atoms with Crippen molar-refractivity contribution in [2.24, 2.45) is 0 Å². The van der Waals surface area contributed by atoms with Crippen molar-refractivity contribution >= 4 is 21.5 Å². The van der Waals surface area contributed by atoms with Crippen LogP contribution < -0.4 is 9.92 Å². The van der Waals surface area contributed by atoms with Crippen LogP contribution in [0, 0.1) is 10.1 Å². The van der Waals surface area contributed by atoms with E-state index in [0.717, 1.165) is 30.3 Å². The molecule has 0 heterocycles. The first kappa shape index (κ1) is 17.5. The molecule has 0 unspecified atom stereocenters. The number of rotatable bonds is 4. The Morgan fingerprint density at radius 3 is 2.38 bits per heavy atom. The first-order valence-electron chi connectivity index (χ1n) is 6.16. The van der Waals surface area contributed by atoms with Gasteiger partial charge in [0.1, 0.15) is 16.3 Å². The van der Waals surface area contributed by atoms with Crippen LogP contribution in [0.1, 0.15) is 5.56 Å². The van der Waals surface area contributed by atoms with Crippen LogP contribution in [-0.4, -0.2) is 13.3 Å². The molecule has 0 amide bonds.